The van der Waals surface area contributed by atoms with Crippen molar-refractivity contribution in [3.05, 3.63) is 25.3 Å². The van der Waals surface area contributed by atoms with Crippen molar-refractivity contribution < 1.29 is 33.6 Å². The average molecular weight is 330 g/mol. The van der Waals surface area contributed by atoms with E-state index >= 15 is 0 Å². The van der Waals surface area contributed by atoms with Crippen LogP contribution in [0.1, 0.15) is 19.3 Å². The lowest BCUT2D eigenvalue weighted by atomic mass is 10.2. The fourth-order valence-corrected chi connectivity index (χ4v) is 1.41. The smallest absolute Gasteiger partial charge is 0.335 e. The average Bonchev–Trinajstić information content (AvgIpc) is 2.53. The Balaban J connectivity index is 3.62. The molecule has 1 N–H and O–H groups in total. The molecular weight excluding hydrogens is 304 g/mol. The maximum atomic E-state index is 11.4. The Hall–Kier alpha value is -1.70. The summed E-state index contributed by atoms with van der Waals surface area (Å²) in [7, 11) is 0. The van der Waals surface area contributed by atoms with Crippen LogP contribution < -0.4 is 0 Å². The molecule has 0 saturated heterocycles. The first kappa shape index (κ1) is 21.3. The Morgan fingerprint density at radius 3 is 1.96 bits per heavy atom. The Kier molecular flexibility index (Phi) is 14.1. The molecule has 0 aromatic rings. The molecule has 0 aromatic heterocycles. The highest BCUT2D eigenvalue weighted by molar-refractivity contribution is 5.81. The summed E-state index contributed by atoms with van der Waals surface area (Å²) in [5.74, 6) is -1.51. The molecule has 0 amide bonds. The normalized spacial score (nSPS) is 11.5. The number of carbonyl (C=O) groups excluding carboxylic acids is 2. The number of ether oxygens (including phenoxy) is 4. The summed E-state index contributed by atoms with van der Waals surface area (Å²) in [5.41, 5.74) is 0. The van der Waals surface area contributed by atoms with E-state index in [2.05, 4.69) is 13.2 Å². The van der Waals surface area contributed by atoms with Crippen molar-refractivity contribution >= 4 is 11.9 Å². The molecule has 1 unspecified atom stereocenters. The Bertz CT molecular complexity index is 354. The molecule has 1 atom stereocenters. The molecule has 0 spiro atoms. The summed E-state index contributed by atoms with van der Waals surface area (Å²) in [4.78, 5) is 22.9. The molecule has 0 aliphatic rings. The van der Waals surface area contributed by atoms with E-state index in [9.17, 15) is 14.7 Å². The van der Waals surface area contributed by atoms with Gasteiger partial charge in [0.15, 0.2) is 6.10 Å². The van der Waals surface area contributed by atoms with Gasteiger partial charge in [-0.25, -0.2) is 4.79 Å². The minimum atomic E-state index is -1.52. The van der Waals surface area contributed by atoms with Crippen LogP contribution in [-0.2, 0) is 28.5 Å². The molecule has 0 rings (SSSR count). The third kappa shape index (κ3) is 13.7. The Labute approximate surface area is 136 Å². The van der Waals surface area contributed by atoms with Gasteiger partial charge in [-0.2, -0.15) is 0 Å². The topological polar surface area (TPSA) is 91.3 Å². The van der Waals surface area contributed by atoms with Crippen LogP contribution in [-0.4, -0.2) is 62.8 Å². The molecule has 23 heavy (non-hydrogen) atoms. The predicted molar refractivity (Wildman–Crippen MR) is 83.8 cm³/mol. The fourth-order valence-electron chi connectivity index (χ4n) is 1.41. The van der Waals surface area contributed by atoms with Crippen LogP contribution >= 0.6 is 0 Å². The van der Waals surface area contributed by atoms with Crippen LogP contribution in [0.2, 0.25) is 0 Å². The van der Waals surface area contributed by atoms with Crippen molar-refractivity contribution in [2.24, 2.45) is 0 Å². The zero-order valence-corrected chi connectivity index (χ0v) is 13.4. The first-order valence-corrected chi connectivity index (χ1v) is 7.49. The van der Waals surface area contributed by atoms with Crippen molar-refractivity contribution in [1.29, 1.82) is 0 Å². The third-order valence-corrected chi connectivity index (χ3v) is 2.48. The highest BCUT2D eigenvalue weighted by Crippen LogP contribution is 2.00. The van der Waals surface area contributed by atoms with Gasteiger partial charge in [0.25, 0.3) is 0 Å². The van der Waals surface area contributed by atoms with Gasteiger partial charge in [-0.15, -0.1) is 13.2 Å². The van der Waals surface area contributed by atoms with Gasteiger partial charge in [-0.05, 0) is 0 Å². The van der Waals surface area contributed by atoms with Gasteiger partial charge in [0.05, 0.1) is 46.1 Å². The summed E-state index contributed by atoms with van der Waals surface area (Å²) in [6.07, 6.45) is 2.33. The molecule has 7 heteroatoms. The lowest BCUT2D eigenvalue weighted by molar-refractivity contribution is -0.160. The molecule has 0 aliphatic carbocycles. The summed E-state index contributed by atoms with van der Waals surface area (Å²) in [6.45, 7) is 9.02. The summed E-state index contributed by atoms with van der Waals surface area (Å²) < 4.78 is 19.9. The van der Waals surface area contributed by atoms with E-state index in [1.54, 1.807) is 12.2 Å². The minimum absolute atomic E-state index is 0.114. The summed E-state index contributed by atoms with van der Waals surface area (Å²) in [5, 5.41) is 9.55. The van der Waals surface area contributed by atoms with Gasteiger partial charge >= 0.3 is 11.9 Å². The molecule has 0 saturated carbocycles. The maximum absolute atomic E-state index is 11.4. The summed E-state index contributed by atoms with van der Waals surface area (Å²) in [6, 6.07) is 0. The highest BCUT2D eigenvalue weighted by atomic mass is 16.6. The molecule has 7 nitrogen and oxygen atoms in total. The Morgan fingerprint density at radius 2 is 1.43 bits per heavy atom. The molecule has 132 valence electrons. The lowest BCUT2D eigenvalue weighted by Crippen LogP contribution is -2.27. The van der Waals surface area contributed by atoms with E-state index < -0.39 is 24.5 Å². The van der Waals surface area contributed by atoms with Crippen molar-refractivity contribution in [2.75, 3.05) is 39.6 Å². The number of carbonyl (C=O) groups is 2. The number of hydrogen-bond donors (Lipinski definition) is 1. The second-order valence-corrected chi connectivity index (χ2v) is 4.54. The fraction of sp³-hybridized carbons (Fsp3) is 0.625. The van der Waals surface area contributed by atoms with Crippen LogP contribution in [0.15, 0.2) is 25.3 Å². The quantitative estimate of drug-likeness (QED) is 0.272. The van der Waals surface area contributed by atoms with Crippen LogP contribution in [0.25, 0.3) is 0 Å². The van der Waals surface area contributed by atoms with E-state index in [-0.39, 0.29) is 13.2 Å². The number of hydrogen-bond acceptors (Lipinski definition) is 7. The third-order valence-electron chi connectivity index (χ3n) is 2.48. The SMILES string of the molecule is C=CCOCCCOC(=O)CC(O)C(=O)OCCCOCC=C. The van der Waals surface area contributed by atoms with Gasteiger partial charge < -0.3 is 24.1 Å². The van der Waals surface area contributed by atoms with E-state index in [4.69, 9.17) is 18.9 Å². The number of esters is 2. The van der Waals surface area contributed by atoms with Gasteiger partial charge in [0, 0.05) is 12.8 Å². The molecule has 0 bridgehead atoms. The second-order valence-electron chi connectivity index (χ2n) is 4.54. The van der Waals surface area contributed by atoms with Gasteiger partial charge in [-0.1, -0.05) is 12.2 Å². The standard InChI is InChI=1S/C16H26O7/c1-3-7-20-9-5-11-22-15(18)13-14(17)16(19)23-12-6-10-21-8-4-2/h3-4,14,17H,1-2,5-13H2. The zero-order valence-electron chi connectivity index (χ0n) is 13.4. The molecule has 0 radical (unpaired) electrons. The monoisotopic (exact) mass is 330 g/mol. The van der Waals surface area contributed by atoms with E-state index in [1.807, 2.05) is 0 Å². The van der Waals surface area contributed by atoms with Crippen LogP contribution in [0.5, 0.6) is 0 Å². The lowest BCUT2D eigenvalue weighted by Gasteiger charge is -2.10. The molecular formula is C16H26O7. The number of aliphatic hydroxyl groups is 1. The van der Waals surface area contributed by atoms with Crippen molar-refractivity contribution in [1.82, 2.24) is 0 Å². The first-order valence-electron chi connectivity index (χ1n) is 7.49. The van der Waals surface area contributed by atoms with E-state index in [1.165, 1.54) is 0 Å². The first-order chi connectivity index (χ1) is 11.1. The van der Waals surface area contributed by atoms with Crippen LogP contribution in [0.4, 0.5) is 0 Å². The van der Waals surface area contributed by atoms with E-state index in [0.29, 0.717) is 39.3 Å². The van der Waals surface area contributed by atoms with Gasteiger partial charge in [0.1, 0.15) is 0 Å². The number of aliphatic hydroxyl groups excluding tert-OH is 1. The molecule has 0 aromatic carbocycles. The Morgan fingerprint density at radius 1 is 0.913 bits per heavy atom. The van der Waals surface area contributed by atoms with E-state index in [0.717, 1.165) is 0 Å². The second kappa shape index (κ2) is 15.2. The zero-order chi connectivity index (χ0) is 17.3. The van der Waals surface area contributed by atoms with Gasteiger partial charge in [-0.3, -0.25) is 4.79 Å². The van der Waals surface area contributed by atoms with Crippen molar-refractivity contribution in [2.45, 2.75) is 25.4 Å². The van der Waals surface area contributed by atoms with Crippen LogP contribution in [0.3, 0.4) is 0 Å². The van der Waals surface area contributed by atoms with Crippen molar-refractivity contribution in [3.63, 3.8) is 0 Å². The number of rotatable bonds is 15. The summed E-state index contributed by atoms with van der Waals surface area (Å²) >= 11 is 0. The van der Waals surface area contributed by atoms with Crippen molar-refractivity contribution in [3.8, 4) is 0 Å². The van der Waals surface area contributed by atoms with Crippen LogP contribution in [0, 0.1) is 0 Å². The molecule has 0 fully saturated rings. The van der Waals surface area contributed by atoms with Gasteiger partial charge in [0.2, 0.25) is 0 Å². The highest BCUT2D eigenvalue weighted by Gasteiger charge is 2.21. The molecule has 0 aliphatic heterocycles. The predicted octanol–water partition coefficient (Wildman–Crippen LogP) is 1.01. The maximum Gasteiger partial charge on any atom is 0.335 e. The largest absolute Gasteiger partial charge is 0.465 e. The minimum Gasteiger partial charge on any atom is -0.465 e. The molecule has 0 heterocycles.